The average Bonchev–Trinajstić information content (AvgIpc) is 2.42. The highest BCUT2D eigenvalue weighted by Crippen LogP contribution is 2.34. The fourth-order valence-corrected chi connectivity index (χ4v) is 1.91. The smallest absolute Gasteiger partial charge is 0.169 e. The van der Waals surface area contributed by atoms with E-state index in [4.69, 9.17) is 9.47 Å². The normalized spacial score (nSPS) is 10.3. The first kappa shape index (κ1) is 13.4. The molecule has 0 spiro atoms. The summed E-state index contributed by atoms with van der Waals surface area (Å²) in [6, 6.07) is 11.5. The number of benzene rings is 2. The molecule has 0 aliphatic heterocycles. The maximum atomic E-state index is 9.38. The topological polar surface area (TPSA) is 38.7 Å². The summed E-state index contributed by atoms with van der Waals surface area (Å²) in [6.45, 7) is 3.93. The molecule has 0 aliphatic carbocycles. The molecule has 0 aromatic heterocycles. The Kier molecular flexibility index (Phi) is 4.07. The van der Waals surface area contributed by atoms with Crippen LogP contribution in [0.1, 0.15) is 16.7 Å². The molecule has 0 saturated heterocycles. The minimum Gasteiger partial charge on any atom is -0.493 e. The lowest BCUT2D eigenvalue weighted by Gasteiger charge is -2.13. The summed E-state index contributed by atoms with van der Waals surface area (Å²) >= 11 is 0. The Labute approximate surface area is 113 Å². The van der Waals surface area contributed by atoms with Gasteiger partial charge in [0.15, 0.2) is 11.5 Å². The molecular formula is C16H18O3. The van der Waals surface area contributed by atoms with Crippen molar-refractivity contribution in [3.63, 3.8) is 0 Å². The second-order valence-electron chi connectivity index (χ2n) is 4.53. The van der Waals surface area contributed by atoms with Gasteiger partial charge in [-0.1, -0.05) is 23.8 Å². The number of aryl methyl sites for hydroxylation is 2. The zero-order valence-corrected chi connectivity index (χ0v) is 11.4. The van der Waals surface area contributed by atoms with Gasteiger partial charge in [0, 0.05) is 5.56 Å². The van der Waals surface area contributed by atoms with Gasteiger partial charge >= 0.3 is 0 Å². The Bertz CT molecular complexity index is 525. The Morgan fingerprint density at radius 2 is 1.53 bits per heavy atom. The van der Waals surface area contributed by atoms with Crippen LogP contribution in [0.4, 0.5) is 0 Å². The number of rotatable bonds is 4. The molecule has 0 bridgehead atoms. The summed E-state index contributed by atoms with van der Waals surface area (Å²) in [5.41, 5.74) is 2.96. The monoisotopic (exact) mass is 258 g/mol. The van der Waals surface area contributed by atoms with Gasteiger partial charge in [0.05, 0.1) is 13.7 Å². The van der Waals surface area contributed by atoms with Crippen LogP contribution in [0.25, 0.3) is 0 Å². The highest BCUT2D eigenvalue weighted by Gasteiger charge is 2.09. The molecule has 0 saturated carbocycles. The van der Waals surface area contributed by atoms with Gasteiger partial charge in [0.2, 0.25) is 0 Å². The molecule has 2 aromatic rings. The summed E-state index contributed by atoms with van der Waals surface area (Å²) in [5.74, 6) is 1.98. The van der Waals surface area contributed by atoms with Crippen molar-refractivity contribution in [1.29, 1.82) is 0 Å². The van der Waals surface area contributed by atoms with Crippen LogP contribution >= 0.6 is 0 Å². The molecule has 0 atom stereocenters. The minimum atomic E-state index is -0.0504. The second-order valence-corrected chi connectivity index (χ2v) is 4.53. The summed E-state index contributed by atoms with van der Waals surface area (Å²) in [5, 5.41) is 9.38. The maximum Gasteiger partial charge on any atom is 0.169 e. The quantitative estimate of drug-likeness (QED) is 0.910. The SMILES string of the molecule is COc1cc(C)ccc1Oc1ccc(C)cc1CO. The van der Waals surface area contributed by atoms with Crippen LogP contribution < -0.4 is 9.47 Å². The number of hydrogen-bond donors (Lipinski definition) is 1. The first-order valence-electron chi connectivity index (χ1n) is 6.17. The van der Waals surface area contributed by atoms with Crippen molar-refractivity contribution in [2.75, 3.05) is 7.11 Å². The first-order chi connectivity index (χ1) is 9.13. The van der Waals surface area contributed by atoms with Crippen LogP contribution in [0.2, 0.25) is 0 Å². The molecule has 0 heterocycles. The zero-order chi connectivity index (χ0) is 13.8. The van der Waals surface area contributed by atoms with Gasteiger partial charge in [0.1, 0.15) is 5.75 Å². The third kappa shape index (κ3) is 3.06. The molecule has 0 amide bonds. The van der Waals surface area contributed by atoms with Gasteiger partial charge in [-0.25, -0.2) is 0 Å². The van der Waals surface area contributed by atoms with E-state index in [1.165, 1.54) is 0 Å². The average molecular weight is 258 g/mol. The fraction of sp³-hybridized carbons (Fsp3) is 0.250. The van der Waals surface area contributed by atoms with Gasteiger partial charge in [0.25, 0.3) is 0 Å². The Morgan fingerprint density at radius 3 is 2.16 bits per heavy atom. The molecule has 1 N–H and O–H groups in total. The highest BCUT2D eigenvalue weighted by molar-refractivity contribution is 5.47. The van der Waals surface area contributed by atoms with Crippen LogP contribution in [0.5, 0.6) is 17.2 Å². The molecule has 2 rings (SSSR count). The van der Waals surface area contributed by atoms with E-state index < -0.39 is 0 Å². The standard InChI is InChI=1S/C16H18O3/c1-11-4-6-14(13(8-11)10-17)19-15-7-5-12(2)9-16(15)18-3/h4-9,17H,10H2,1-3H3. The van der Waals surface area contributed by atoms with E-state index in [1.807, 2.05) is 50.2 Å². The second kappa shape index (κ2) is 5.76. The van der Waals surface area contributed by atoms with E-state index in [-0.39, 0.29) is 6.61 Å². The van der Waals surface area contributed by atoms with E-state index >= 15 is 0 Å². The Balaban J connectivity index is 2.36. The summed E-state index contributed by atoms with van der Waals surface area (Å²) < 4.78 is 11.2. The van der Waals surface area contributed by atoms with Crippen LogP contribution in [0, 0.1) is 13.8 Å². The molecule has 0 aliphatic rings. The Morgan fingerprint density at radius 1 is 0.895 bits per heavy atom. The van der Waals surface area contributed by atoms with Crippen LogP contribution in [0.3, 0.4) is 0 Å². The highest BCUT2D eigenvalue weighted by atomic mass is 16.5. The van der Waals surface area contributed by atoms with Crippen molar-refractivity contribution < 1.29 is 14.6 Å². The van der Waals surface area contributed by atoms with Crippen molar-refractivity contribution in [3.05, 3.63) is 53.1 Å². The van der Waals surface area contributed by atoms with E-state index in [0.717, 1.165) is 16.7 Å². The van der Waals surface area contributed by atoms with Gasteiger partial charge in [-0.3, -0.25) is 0 Å². The van der Waals surface area contributed by atoms with Crippen LogP contribution in [-0.2, 0) is 6.61 Å². The fourth-order valence-electron chi connectivity index (χ4n) is 1.91. The predicted octanol–water partition coefficient (Wildman–Crippen LogP) is 3.60. The molecule has 0 fully saturated rings. The van der Waals surface area contributed by atoms with E-state index in [9.17, 15) is 5.11 Å². The zero-order valence-electron chi connectivity index (χ0n) is 11.4. The van der Waals surface area contributed by atoms with E-state index in [0.29, 0.717) is 17.2 Å². The lowest BCUT2D eigenvalue weighted by Crippen LogP contribution is -1.95. The number of ether oxygens (including phenoxy) is 2. The largest absolute Gasteiger partial charge is 0.493 e. The van der Waals surface area contributed by atoms with Gasteiger partial charge in [-0.2, -0.15) is 0 Å². The van der Waals surface area contributed by atoms with Crippen LogP contribution in [0.15, 0.2) is 36.4 Å². The molecule has 0 unspecified atom stereocenters. The van der Waals surface area contributed by atoms with Crippen molar-refractivity contribution in [2.24, 2.45) is 0 Å². The molecular weight excluding hydrogens is 240 g/mol. The number of methoxy groups -OCH3 is 1. The molecule has 100 valence electrons. The maximum absolute atomic E-state index is 9.38. The van der Waals surface area contributed by atoms with Gasteiger partial charge in [-0.05, 0) is 37.6 Å². The third-order valence-corrected chi connectivity index (χ3v) is 2.93. The summed E-state index contributed by atoms with van der Waals surface area (Å²) in [4.78, 5) is 0. The number of aliphatic hydroxyl groups excluding tert-OH is 1. The predicted molar refractivity (Wildman–Crippen MR) is 74.9 cm³/mol. The molecule has 0 radical (unpaired) electrons. The third-order valence-electron chi connectivity index (χ3n) is 2.93. The van der Waals surface area contributed by atoms with Crippen molar-refractivity contribution in [1.82, 2.24) is 0 Å². The Hall–Kier alpha value is -2.00. The first-order valence-corrected chi connectivity index (χ1v) is 6.17. The van der Waals surface area contributed by atoms with Crippen molar-refractivity contribution in [2.45, 2.75) is 20.5 Å². The van der Waals surface area contributed by atoms with Gasteiger partial charge < -0.3 is 14.6 Å². The summed E-state index contributed by atoms with van der Waals surface area (Å²) in [6.07, 6.45) is 0. The number of aliphatic hydroxyl groups is 1. The lowest BCUT2D eigenvalue weighted by atomic mass is 10.1. The van der Waals surface area contributed by atoms with Crippen LogP contribution in [-0.4, -0.2) is 12.2 Å². The number of hydrogen-bond acceptors (Lipinski definition) is 3. The molecule has 2 aromatic carbocycles. The van der Waals surface area contributed by atoms with E-state index in [2.05, 4.69) is 0 Å². The lowest BCUT2D eigenvalue weighted by molar-refractivity contribution is 0.275. The molecule has 19 heavy (non-hydrogen) atoms. The molecule has 3 heteroatoms. The molecule has 3 nitrogen and oxygen atoms in total. The summed E-state index contributed by atoms with van der Waals surface area (Å²) in [7, 11) is 1.61. The van der Waals surface area contributed by atoms with E-state index in [1.54, 1.807) is 7.11 Å². The van der Waals surface area contributed by atoms with Crippen molar-refractivity contribution in [3.8, 4) is 17.2 Å². The minimum absolute atomic E-state index is 0.0504. The van der Waals surface area contributed by atoms with Gasteiger partial charge in [-0.15, -0.1) is 0 Å². The van der Waals surface area contributed by atoms with Crippen molar-refractivity contribution >= 4 is 0 Å².